The van der Waals surface area contributed by atoms with E-state index in [0.717, 1.165) is 25.7 Å². The van der Waals surface area contributed by atoms with E-state index in [9.17, 15) is 9.18 Å². The molecule has 2 saturated heterocycles. The summed E-state index contributed by atoms with van der Waals surface area (Å²) >= 11 is 0. The summed E-state index contributed by atoms with van der Waals surface area (Å²) in [6, 6.07) is 6.79. The van der Waals surface area contributed by atoms with Crippen molar-refractivity contribution in [3.8, 4) is 6.07 Å². The van der Waals surface area contributed by atoms with E-state index in [1.54, 1.807) is 7.05 Å². The van der Waals surface area contributed by atoms with Crippen LogP contribution in [0.25, 0.3) is 0 Å². The molecule has 0 aromatic heterocycles. The van der Waals surface area contributed by atoms with Gasteiger partial charge < -0.3 is 20.3 Å². The minimum Gasteiger partial charge on any atom is -0.444 e. The fourth-order valence-corrected chi connectivity index (χ4v) is 4.25. The lowest BCUT2D eigenvalue weighted by Crippen LogP contribution is -2.54. The molecular weight excluding hydrogens is 385 g/mol. The number of halogens is 1. The number of nitrogens with one attached hydrogen (secondary N) is 2. The molecule has 2 aliphatic heterocycles. The Bertz CT molecular complexity index is 844. The van der Waals surface area contributed by atoms with Crippen molar-refractivity contribution >= 4 is 12.1 Å². The highest BCUT2D eigenvalue weighted by Gasteiger charge is 2.45. The van der Waals surface area contributed by atoms with Crippen molar-refractivity contribution in [1.29, 1.82) is 5.26 Å². The van der Waals surface area contributed by atoms with E-state index in [0.29, 0.717) is 17.1 Å². The Morgan fingerprint density at radius 1 is 1.33 bits per heavy atom. The topological polar surface area (TPSA) is 89.8 Å². The number of benzene rings is 1. The van der Waals surface area contributed by atoms with Gasteiger partial charge in [-0.25, -0.2) is 9.18 Å². The maximum atomic E-state index is 14.0. The predicted octanol–water partition coefficient (Wildman–Crippen LogP) is 3.29. The average molecular weight is 416 g/mol. The fraction of sp³-hybridized carbons (Fsp3) is 0.591. The molecule has 162 valence electrons. The standard InChI is InChI=1S/C22H30FN5O2/c1-22(2,3)30-21(29)28-17-6-7-18(28)11-16(10-17)27-20(25-4)26-13-15-9-14(12-24)5-8-19(15)23/h5,8-9,16-18H,6-7,10-11,13H2,1-4H3,(H2,25,26,27). The van der Waals surface area contributed by atoms with E-state index in [-0.39, 0.29) is 36.6 Å². The third kappa shape index (κ3) is 5.21. The number of carbonyl (C=O) groups is 1. The van der Waals surface area contributed by atoms with Crippen molar-refractivity contribution < 1.29 is 13.9 Å². The fourth-order valence-electron chi connectivity index (χ4n) is 4.25. The highest BCUT2D eigenvalue weighted by Crippen LogP contribution is 2.36. The number of amides is 1. The molecule has 2 N–H and O–H groups in total. The Hall–Kier alpha value is -2.82. The van der Waals surface area contributed by atoms with Gasteiger partial charge >= 0.3 is 6.09 Å². The summed E-state index contributed by atoms with van der Waals surface area (Å²) in [7, 11) is 1.67. The second-order valence-electron chi connectivity index (χ2n) is 8.93. The van der Waals surface area contributed by atoms with Crippen molar-refractivity contribution in [2.75, 3.05) is 7.05 Å². The minimum absolute atomic E-state index is 0.152. The molecular formula is C22H30FN5O2. The van der Waals surface area contributed by atoms with E-state index < -0.39 is 5.60 Å². The number of guanidine groups is 1. The van der Waals surface area contributed by atoms with E-state index in [4.69, 9.17) is 10.00 Å². The summed E-state index contributed by atoms with van der Waals surface area (Å²) in [5.41, 5.74) is 0.328. The SMILES string of the molecule is CN=C(NCc1cc(C#N)ccc1F)NC1CC2CCC(C1)N2C(=O)OC(C)(C)C. The molecule has 0 spiro atoms. The lowest BCUT2D eigenvalue weighted by molar-refractivity contribution is 0.00545. The lowest BCUT2D eigenvalue weighted by Gasteiger charge is -2.40. The van der Waals surface area contributed by atoms with Gasteiger partial charge in [0.15, 0.2) is 5.96 Å². The van der Waals surface area contributed by atoms with Crippen LogP contribution in [0.5, 0.6) is 0 Å². The molecule has 2 fully saturated rings. The van der Waals surface area contributed by atoms with Gasteiger partial charge in [-0.15, -0.1) is 0 Å². The first-order chi connectivity index (χ1) is 14.2. The molecule has 1 amide bonds. The maximum Gasteiger partial charge on any atom is 0.410 e. The van der Waals surface area contributed by atoms with Gasteiger partial charge in [0.1, 0.15) is 11.4 Å². The molecule has 30 heavy (non-hydrogen) atoms. The lowest BCUT2D eigenvalue weighted by atomic mass is 9.98. The third-order valence-electron chi connectivity index (χ3n) is 5.52. The first-order valence-electron chi connectivity index (χ1n) is 10.4. The number of aliphatic imine (C=N–C) groups is 1. The summed E-state index contributed by atoms with van der Waals surface area (Å²) in [5.74, 6) is 0.215. The van der Waals surface area contributed by atoms with Crippen LogP contribution in [-0.4, -0.2) is 47.7 Å². The van der Waals surface area contributed by atoms with E-state index in [2.05, 4.69) is 15.6 Å². The Morgan fingerprint density at radius 3 is 2.57 bits per heavy atom. The number of ether oxygens (including phenoxy) is 1. The molecule has 2 bridgehead atoms. The van der Waals surface area contributed by atoms with Crippen LogP contribution >= 0.6 is 0 Å². The van der Waals surface area contributed by atoms with Crippen molar-refractivity contribution in [1.82, 2.24) is 15.5 Å². The number of rotatable bonds is 3. The first kappa shape index (κ1) is 21.9. The summed E-state index contributed by atoms with van der Waals surface area (Å²) in [6.45, 7) is 5.87. The summed E-state index contributed by atoms with van der Waals surface area (Å²) in [4.78, 5) is 18.7. The maximum absolute atomic E-state index is 14.0. The zero-order valence-electron chi connectivity index (χ0n) is 18.0. The minimum atomic E-state index is -0.504. The Kier molecular flexibility index (Phi) is 6.49. The van der Waals surface area contributed by atoms with E-state index >= 15 is 0 Å². The molecule has 0 aliphatic carbocycles. The summed E-state index contributed by atoms with van der Waals surface area (Å²) in [5, 5.41) is 15.5. The van der Waals surface area contributed by atoms with Gasteiger partial charge in [-0.3, -0.25) is 4.99 Å². The number of hydrogen-bond acceptors (Lipinski definition) is 4. The second-order valence-corrected chi connectivity index (χ2v) is 8.93. The van der Waals surface area contributed by atoms with Crippen molar-refractivity contribution in [3.63, 3.8) is 0 Å². The molecule has 2 unspecified atom stereocenters. The van der Waals surface area contributed by atoms with Crippen LogP contribution in [0, 0.1) is 17.1 Å². The second kappa shape index (κ2) is 8.90. The van der Waals surface area contributed by atoms with E-state index in [1.807, 2.05) is 31.7 Å². The Balaban J connectivity index is 1.57. The van der Waals surface area contributed by atoms with Crippen LogP contribution in [0.1, 0.15) is 57.6 Å². The molecule has 1 aromatic rings. The van der Waals surface area contributed by atoms with Crippen LogP contribution in [0.4, 0.5) is 9.18 Å². The zero-order valence-corrected chi connectivity index (χ0v) is 18.0. The Labute approximate surface area is 177 Å². The average Bonchev–Trinajstić information content (AvgIpc) is 2.96. The monoisotopic (exact) mass is 415 g/mol. The smallest absolute Gasteiger partial charge is 0.410 e. The van der Waals surface area contributed by atoms with Gasteiger partial charge in [-0.2, -0.15) is 5.26 Å². The first-order valence-corrected chi connectivity index (χ1v) is 10.4. The van der Waals surface area contributed by atoms with Crippen LogP contribution in [0.15, 0.2) is 23.2 Å². The number of fused-ring (bicyclic) bond motifs is 2. The molecule has 2 aliphatic rings. The summed E-state index contributed by atoms with van der Waals surface area (Å²) in [6.07, 6.45) is 3.34. The van der Waals surface area contributed by atoms with Gasteiger partial charge in [0, 0.05) is 37.3 Å². The highest BCUT2D eigenvalue weighted by atomic mass is 19.1. The molecule has 2 atom stereocenters. The number of nitriles is 1. The van der Waals surface area contributed by atoms with Crippen molar-refractivity contribution in [3.05, 3.63) is 35.1 Å². The summed E-state index contributed by atoms with van der Waals surface area (Å²) < 4.78 is 19.6. The molecule has 7 nitrogen and oxygen atoms in total. The Morgan fingerprint density at radius 2 is 2.00 bits per heavy atom. The van der Waals surface area contributed by atoms with Crippen molar-refractivity contribution in [2.24, 2.45) is 4.99 Å². The van der Waals surface area contributed by atoms with Gasteiger partial charge in [-0.05, 0) is 64.7 Å². The van der Waals surface area contributed by atoms with Crippen LogP contribution in [-0.2, 0) is 11.3 Å². The quantitative estimate of drug-likeness (QED) is 0.584. The molecule has 1 aromatic carbocycles. The number of nitrogens with zero attached hydrogens (tertiary/aromatic N) is 3. The zero-order chi connectivity index (χ0) is 21.9. The van der Waals surface area contributed by atoms with Gasteiger partial charge in [0.25, 0.3) is 0 Å². The highest BCUT2D eigenvalue weighted by molar-refractivity contribution is 5.80. The third-order valence-corrected chi connectivity index (χ3v) is 5.52. The van der Waals surface area contributed by atoms with Crippen molar-refractivity contribution in [2.45, 2.75) is 76.7 Å². The van der Waals surface area contributed by atoms with E-state index in [1.165, 1.54) is 18.2 Å². The van der Waals surface area contributed by atoms with Gasteiger partial charge in [0.05, 0.1) is 11.6 Å². The van der Waals surface area contributed by atoms with Crippen LogP contribution < -0.4 is 10.6 Å². The number of piperidine rings is 1. The normalized spacial score (nSPS) is 23.7. The van der Waals surface area contributed by atoms with Crippen LogP contribution in [0.3, 0.4) is 0 Å². The predicted molar refractivity (Wildman–Crippen MR) is 112 cm³/mol. The van der Waals surface area contributed by atoms with Gasteiger partial charge in [-0.1, -0.05) is 0 Å². The molecule has 3 rings (SSSR count). The molecule has 0 radical (unpaired) electrons. The number of carbonyl (C=O) groups excluding carboxylic acids is 1. The molecule has 0 saturated carbocycles. The molecule has 8 heteroatoms. The van der Waals surface area contributed by atoms with Gasteiger partial charge in [0.2, 0.25) is 0 Å². The molecule has 2 heterocycles. The number of hydrogen-bond donors (Lipinski definition) is 2. The van der Waals surface area contributed by atoms with Crippen LogP contribution in [0.2, 0.25) is 0 Å². The largest absolute Gasteiger partial charge is 0.444 e.